The van der Waals surface area contributed by atoms with Gasteiger partial charge in [0.25, 0.3) is 0 Å². The maximum atomic E-state index is 13.5. The molecule has 1 aliphatic heterocycles. The number of rotatable bonds is 2. The molecule has 0 unspecified atom stereocenters. The maximum absolute atomic E-state index is 13.5. The van der Waals surface area contributed by atoms with E-state index >= 15 is 0 Å². The molecule has 2 amide bonds. The number of aryl methyl sites for hydroxylation is 1. The van der Waals surface area contributed by atoms with Crippen LogP contribution in [0.2, 0.25) is 0 Å². The van der Waals surface area contributed by atoms with Gasteiger partial charge in [-0.3, -0.25) is 9.59 Å². The molecule has 1 saturated carbocycles. The van der Waals surface area contributed by atoms with Crippen molar-refractivity contribution in [3.63, 3.8) is 0 Å². The van der Waals surface area contributed by atoms with E-state index in [9.17, 15) is 9.59 Å². The number of benzene rings is 1. The molecule has 0 bridgehead atoms. The fourth-order valence-corrected chi connectivity index (χ4v) is 4.29. The minimum absolute atomic E-state index is 0.110. The monoisotopic (exact) mass is 328 g/mol. The minimum Gasteiger partial charge on any atom is -0.341 e. The van der Waals surface area contributed by atoms with Crippen LogP contribution in [0.5, 0.6) is 0 Å². The molecule has 0 spiro atoms. The number of carbonyl (C=O) groups excluding carboxylic acids is 2. The van der Waals surface area contributed by atoms with E-state index in [2.05, 4.69) is 31.2 Å². The van der Waals surface area contributed by atoms with Crippen molar-refractivity contribution >= 4 is 11.8 Å². The minimum atomic E-state index is -0.350. The number of hydrogen-bond acceptors (Lipinski definition) is 2. The second-order valence-electron chi connectivity index (χ2n) is 7.31. The van der Waals surface area contributed by atoms with Gasteiger partial charge in [-0.15, -0.1) is 0 Å². The number of nitrogens with zero attached hydrogens (tertiary/aromatic N) is 2. The molecule has 1 heterocycles. The smallest absolute Gasteiger partial charge is 0.233 e. The first kappa shape index (κ1) is 17.0. The van der Waals surface area contributed by atoms with Crippen molar-refractivity contribution in [2.24, 2.45) is 0 Å². The molecule has 1 aromatic rings. The van der Waals surface area contributed by atoms with Crippen molar-refractivity contribution in [1.82, 2.24) is 9.80 Å². The second kappa shape index (κ2) is 6.96. The molecular weight excluding hydrogens is 300 g/mol. The normalized spacial score (nSPS) is 20.8. The van der Waals surface area contributed by atoms with Gasteiger partial charge in [-0.1, -0.05) is 42.7 Å². The molecule has 3 rings (SSSR count). The van der Waals surface area contributed by atoms with Crippen molar-refractivity contribution < 1.29 is 9.59 Å². The first-order chi connectivity index (χ1) is 11.5. The van der Waals surface area contributed by atoms with Crippen LogP contribution < -0.4 is 0 Å². The molecule has 1 saturated heterocycles. The Kier molecular flexibility index (Phi) is 4.93. The Morgan fingerprint density at radius 3 is 2.29 bits per heavy atom. The van der Waals surface area contributed by atoms with Crippen molar-refractivity contribution in [2.75, 3.05) is 26.2 Å². The Morgan fingerprint density at radius 1 is 0.958 bits per heavy atom. The molecular formula is C20H28N2O2. The molecule has 4 heteroatoms. The molecule has 1 aliphatic carbocycles. The van der Waals surface area contributed by atoms with Gasteiger partial charge in [0.05, 0.1) is 5.41 Å². The molecule has 0 aromatic heterocycles. The summed E-state index contributed by atoms with van der Waals surface area (Å²) in [5, 5.41) is 0. The predicted octanol–water partition coefficient (Wildman–Crippen LogP) is 2.89. The highest BCUT2D eigenvalue weighted by Gasteiger charge is 2.45. The molecule has 0 radical (unpaired) electrons. The lowest BCUT2D eigenvalue weighted by atomic mass is 9.77. The lowest BCUT2D eigenvalue weighted by Crippen LogP contribution is -2.47. The van der Waals surface area contributed by atoms with Crippen LogP contribution in [0.4, 0.5) is 0 Å². The van der Waals surface area contributed by atoms with E-state index in [1.54, 1.807) is 6.92 Å². The Hall–Kier alpha value is -1.84. The van der Waals surface area contributed by atoms with Crippen LogP contribution in [-0.2, 0) is 15.0 Å². The summed E-state index contributed by atoms with van der Waals surface area (Å²) in [6.07, 6.45) is 5.00. The zero-order chi connectivity index (χ0) is 17.2. The standard InChI is InChI=1S/C20H28N2O2/c1-16-7-5-8-18(15-16)20(9-3-4-10-20)19(24)22-12-6-11-21(13-14-22)17(2)23/h5,7-8,15H,3-4,6,9-14H2,1-2H3. The summed E-state index contributed by atoms with van der Waals surface area (Å²) < 4.78 is 0. The second-order valence-corrected chi connectivity index (χ2v) is 7.31. The van der Waals surface area contributed by atoms with Gasteiger partial charge in [-0.2, -0.15) is 0 Å². The Bertz CT molecular complexity index is 620. The number of hydrogen-bond donors (Lipinski definition) is 0. The van der Waals surface area contributed by atoms with Crippen molar-refractivity contribution in [3.05, 3.63) is 35.4 Å². The highest BCUT2D eigenvalue weighted by atomic mass is 16.2. The third kappa shape index (κ3) is 3.19. The molecule has 0 N–H and O–H groups in total. The summed E-state index contributed by atoms with van der Waals surface area (Å²) in [6, 6.07) is 8.46. The Labute approximate surface area is 144 Å². The van der Waals surface area contributed by atoms with Crippen LogP contribution in [0, 0.1) is 6.92 Å². The van der Waals surface area contributed by atoms with E-state index in [4.69, 9.17) is 0 Å². The van der Waals surface area contributed by atoms with Gasteiger partial charge in [0, 0.05) is 33.1 Å². The van der Waals surface area contributed by atoms with Crippen LogP contribution in [-0.4, -0.2) is 47.8 Å². The number of amides is 2. The quantitative estimate of drug-likeness (QED) is 0.837. The van der Waals surface area contributed by atoms with Crippen molar-refractivity contribution in [1.29, 1.82) is 0 Å². The summed E-state index contributed by atoms with van der Waals surface area (Å²) >= 11 is 0. The summed E-state index contributed by atoms with van der Waals surface area (Å²) in [6.45, 7) is 6.54. The van der Waals surface area contributed by atoms with Crippen molar-refractivity contribution in [2.45, 2.75) is 51.4 Å². The van der Waals surface area contributed by atoms with E-state index in [0.717, 1.165) is 45.2 Å². The zero-order valence-electron chi connectivity index (χ0n) is 14.9. The van der Waals surface area contributed by atoms with Crippen LogP contribution in [0.3, 0.4) is 0 Å². The molecule has 2 fully saturated rings. The fraction of sp³-hybridized carbons (Fsp3) is 0.600. The third-order valence-electron chi connectivity index (χ3n) is 5.67. The van der Waals surface area contributed by atoms with Gasteiger partial charge >= 0.3 is 0 Å². The third-order valence-corrected chi connectivity index (χ3v) is 5.67. The molecule has 130 valence electrons. The van der Waals surface area contributed by atoms with E-state index < -0.39 is 0 Å². The summed E-state index contributed by atoms with van der Waals surface area (Å²) in [7, 11) is 0. The molecule has 2 aliphatic rings. The Morgan fingerprint density at radius 2 is 1.62 bits per heavy atom. The van der Waals surface area contributed by atoms with Gasteiger partial charge in [-0.05, 0) is 31.7 Å². The lowest BCUT2D eigenvalue weighted by Gasteiger charge is -2.34. The number of carbonyl (C=O) groups is 2. The van der Waals surface area contributed by atoms with Gasteiger partial charge in [-0.25, -0.2) is 0 Å². The van der Waals surface area contributed by atoms with E-state index in [0.29, 0.717) is 13.1 Å². The van der Waals surface area contributed by atoms with Crippen LogP contribution in [0.15, 0.2) is 24.3 Å². The van der Waals surface area contributed by atoms with Gasteiger partial charge in [0.15, 0.2) is 0 Å². The predicted molar refractivity (Wildman–Crippen MR) is 94.8 cm³/mol. The zero-order valence-corrected chi connectivity index (χ0v) is 14.9. The molecule has 1 aromatic carbocycles. The Balaban J connectivity index is 1.84. The first-order valence-electron chi connectivity index (χ1n) is 9.15. The van der Waals surface area contributed by atoms with Gasteiger partial charge in [0.1, 0.15) is 0 Å². The lowest BCUT2D eigenvalue weighted by molar-refractivity contribution is -0.137. The van der Waals surface area contributed by atoms with Gasteiger partial charge in [0.2, 0.25) is 11.8 Å². The highest BCUT2D eigenvalue weighted by molar-refractivity contribution is 5.89. The van der Waals surface area contributed by atoms with E-state index in [-0.39, 0.29) is 17.2 Å². The van der Waals surface area contributed by atoms with Crippen LogP contribution in [0.25, 0.3) is 0 Å². The highest BCUT2D eigenvalue weighted by Crippen LogP contribution is 2.43. The first-order valence-corrected chi connectivity index (χ1v) is 9.15. The summed E-state index contributed by atoms with van der Waals surface area (Å²) in [5.74, 6) is 0.384. The molecule has 4 nitrogen and oxygen atoms in total. The van der Waals surface area contributed by atoms with Crippen LogP contribution in [0.1, 0.15) is 50.2 Å². The van der Waals surface area contributed by atoms with E-state index in [1.165, 1.54) is 11.1 Å². The van der Waals surface area contributed by atoms with Crippen LogP contribution >= 0.6 is 0 Å². The van der Waals surface area contributed by atoms with E-state index in [1.807, 2.05) is 9.80 Å². The average molecular weight is 328 g/mol. The topological polar surface area (TPSA) is 40.6 Å². The fourth-order valence-electron chi connectivity index (χ4n) is 4.29. The average Bonchev–Trinajstić information content (AvgIpc) is 2.93. The summed E-state index contributed by atoms with van der Waals surface area (Å²) in [4.78, 5) is 29.0. The summed E-state index contributed by atoms with van der Waals surface area (Å²) in [5.41, 5.74) is 2.04. The molecule has 24 heavy (non-hydrogen) atoms. The molecule has 0 atom stereocenters. The van der Waals surface area contributed by atoms with Crippen molar-refractivity contribution in [3.8, 4) is 0 Å². The largest absolute Gasteiger partial charge is 0.341 e. The SMILES string of the molecule is CC(=O)N1CCCN(C(=O)C2(c3cccc(C)c3)CCCC2)CC1. The van der Waals surface area contributed by atoms with Gasteiger partial charge < -0.3 is 9.80 Å². The maximum Gasteiger partial charge on any atom is 0.233 e.